The molecule has 638 valence electrons. The average Bonchev–Trinajstić information content (AvgIpc) is 1.71. The van der Waals surface area contributed by atoms with Gasteiger partial charge in [0.1, 0.15) is 17.1 Å². The van der Waals surface area contributed by atoms with Crippen LogP contribution in [0.15, 0.2) is 97.1 Å². The largest absolute Gasteiger partial charge is 0.490 e. The van der Waals surface area contributed by atoms with Crippen molar-refractivity contribution in [3.8, 4) is 11.5 Å². The molecule has 13 rings (SSSR count). The van der Waals surface area contributed by atoms with Crippen LogP contribution in [0.1, 0.15) is 196 Å². The van der Waals surface area contributed by atoms with E-state index in [1.807, 2.05) is 63.3 Å². The fourth-order valence-corrected chi connectivity index (χ4v) is 24.2. The number of aryl methyl sites for hydroxylation is 2. The fraction of sp³-hybridized carbons (Fsp3) is 0.667. The highest BCUT2D eigenvalue weighted by molar-refractivity contribution is 7.91. The van der Waals surface area contributed by atoms with Gasteiger partial charge in [0.05, 0.1) is 35.1 Å². The number of carbonyl (C=O) groups is 2. The van der Waals surface area contributed by atoms with Gasteiger partial charge in [0, 0.05) is 169 Å². The number of fused-ring (bicyclic) bond motifs is 8. The molecule has 0 aromatic heterocycles. The van der Waals surface area contributed by atoms with Gasteiger partial charge in [-0.15, -0.1) is 0 Å². The maximum absolute atomic E-state index is 14.1. The summed E-state index contributed by atoms with van der Waals surface area (Å²) in [5, 5.41) is 7.02. The third-order valence-electron chi connectivity index (χ3n) is 26.8. The Morgan fingerprint density at radius 1 is 0.643 bits per heavy atom. The number of anilines is 2. The Labute approximate surface area is 698 Å². The molecule has 2 amide bonds. The number of rotatable bonds is 19. The lowest BCUT2D eigenvalue weighted by Crippen LogP contribution is -2.57. The van der Waals surface area contributed by atoms with Crippen LogP contribution in [-0.2, 0) is 67.4 Å². The highest BCUT2D eigenvalue weighted by atomic mass is 35.5. The molecule has 1 saturated heterocycles. The van der Waals surface area contributed by atoms with Crippen LogP contribution in [0.3, 0.4) is 0 Å². The lowest BCUT2D eigenvalue weighted by molar-refractivity contribution is -0.244. The first-order valence-electron chi connectivity index (χ1n) is 42.8. The highest BCUT2D eigenvalue weighted by Crippen LogP contribution is 2.52. The van der Waals surface area contributed by atoms with E-state index in [-0.39, 0.29) is 77.6 Å². The van der Waals surface area contributed by atoms with Gasteiger partial charge in [-0.2, -0.15) is 0 Å². The molecule has 115 heavy (non-hydrogen) atoms. The van der Waals surface area contributed by atoms with E-state index in [1.54, 1.807) is 39.5 Å². The third-order valence-corrected chi connectivity index (χ3v) is 31.2. The summed E-state index contributed by atoms with van der Waals surface area (Å²) in [6.45, 7) is 35.0. The zero-order chi connectivity index (χ0) is 82.6. The molecule has 2 saturated carbocycles. The van der Waals surface area contributed by atoms with Crippen molar-refractivity contribution in [2.24, 2.45) is 35.5 Å². The van der Waals surface area contributed by atoms with Gasteiger partial charge in [0.25, 0.3) is 11.8 Å². The summed E-state index contributed by atoms with van der Waals surface area (Å²) >= 11 is 13.0. The van der Waals surface area contributed by atoms with Crippen LogP contribution in [0.2, 0.25) is 10.0 Å². The van der Waals surface area contributed by atoms with Crippen LogP contribution < -0.4 is 39.4 Å². The van der Waals surface area contributed by atoms with Crippen LogP contribution in [0.4, 0.5) is 11.4 Å². The maximum atomic E-state index is 14.1. The maximum Gasteiger partial charge on any atom is 0.264 e. The van der Waals surface area contributed by atoms with Crippen LogP contribution in [0.5, 0.6) is 11.5 Å². The number of nitrogens with zero attached hydrogens (tertiary/aromatic N) is 4. The number of ether oxygens (including phenoxy) is 7. The van der Waals surface area contributed by atoms with E-state index in [9.17, 15) is 26.4 Å². The summed E-state index contributed by atoms with van der Waals surface area (Å²) in [5.74, 6) is -0.588. The van der Waals surface area contributed by atoms with Crippen molar-refractivity contribution < 1.29 is 59.6 Å². The Hall–Kier alpha value is -5.38. The van der Waals surface area contributed by atoms with Gasteiger partial charge >= 0.3 is 0 Å². The highest BCUT2D eigenvalue weighted by Gasteiger charge is 2.53. The number of sulfonamides is 2. The summed E-state index contributed by atoms with van der Waals surface area (Å²) in [6, 6.07) is 25.3. The normalized spacial score (nSPS) is 30.8. The number of halogens is 2. The smallest absolute Gasteiger partial charge is 0.264 e. The minimum absolute atomic E-state index is 0.0856. The van der Waals surface area contributed by atoms with E-state index in [4.69, 9.17) is 56.4 Å². The summed E-state index contributed by atoms with van der Waals surface area (Å²) < 4.78 is 104. The number of hydrogen-bond donors (Lipinski definition) is 4. The molecule has 4 N–H and O–H groups in total. The number of nitrogens with one attached hydrogen (secondary N) is 4. The number of methoxy groups -OCH3 is 3. The molecule has 4 aromatic rings. The van der Waals surface area contributed by atoms with Gasteiger partial charge in [-0.3, -0.25) is 19.4 Å². The number of hydrogen-bond acceptors (Lipinski definition) is 19. The van der Waals surface area contributed by atoms with Crippen molar-refractivity contribution in [2.45, 2.75) is 223 Å². The molecular weight excluding hydrogens is 1540 g/mol. The Morgan fingerprint density at radius 3 is 1.58 bits per heavy atom. The van der Waals surface area contributed by atoms with E-state index in [2.05, 4.69) is 131 Å². The van der Waals surface area contributed by atoms with Crippen molar-refractivity contribution in [1.82, 2.24) is 29.9 Å². The van der Waals surface area contributed by atoms with Gasteiger partial charge in [-0.1, -0.05) is 74.3 Å². The molecular formula is C90H134Cl2N8O13S2. The monoisotopic (exact) mass is 1670 g/mol. The first-order chi connectivity index (χ1) is 55.0. The van der Waals surface area contributed by atoms with Crippen LogP contribution >= 0.6 is 23.2 Å². The lowest BCUT2D eigenvalue weighted by atomic mass is 9.63. The van der Waals surface area contributed by atoms with Crippen molar-refractivity contribution >= 4 is 66.4 Å². The molecule has 14 atom stereocenters. The number of carbonyl (C=O) groups excluding carboxylic acids is 2. The van der Waals surface area contributed by atoms with Crippen molar-refractivity contribution in [1.29, 1.82) is 0 Å². The zero-order valence-corrected chi connectivity index (χ0v) is 74.2. The molecule has 0 radical (unpaired) electrons. The zero-order valence-electron chi connectivity index (χ0n) is 71.0. The molecule has 4 aromatic carbocycles. The number of piperazine rings is 1. The Balaban J connectivity index is 0.000000204. The number of allylic oxidation sites excluding steroid dienone is 2. The van der Waals surface area contributed by atoms with E-state index in [1.165, 1.54) is 28.8 Å². The van der Waals surface area contributed by atoms with Crippen molar-refractivity contribution in [3.05, 3.63) is 141 Å². The van der Waals surface area contributed by atoms with Crippen LogP contribution in [-0.4, -0.2) is 211 Å². The molecule has 4 bridgehead atoms. The lowest BCUT2D eigenvalue weighted by Gasteiger charge is -2.51. The predicted octanol–water partition coefficient (Wildman–Crippen LogP) is 14.4. The molecule has 4 aliphatic carbocycles. The third kappa shape index (κ3) is 20.8. The second kappa shape index (κ2) is 39.9. The van der Waals surface area contributed by atoms with Gasteiger partial charge < -0.3 is 53.6 Å². The van der Waals surface area contributed by atoms with E-state index in [0.29, 0.717) is 107 Å². The average molecular weight is 1670 g/mol. The summed E-state index contributed by atoms with van der Waals surface area (Å²) in [7, 11) is -3.32. The topological polar surface area (TPSA) is 228 Å². The van der Waals surface area contributed by atoms with Crippen LogP contribution in [0, 0.1) is 35.5 Å². The Morgan fingerprint density at radius 2 is 1.15 bits per heavy atom. The number of likely N-dealkylation sites (N-methyl/N-ethyl adjacent to an activating group) is 1. The number of amides is 2. The molecule has 25 heteroatoms. The van der Waals surface area contributed by atoms with Gasteiger partial charge in [-0.05, 0) is 270 Å². The standard InChI is InChI=1S/C45H67ClN4O6S.C37H49ClN2O7S.C8H18N2/c1-8-50(31(3)4)33(6)26-47-28-45(56-9-2)22-10-12-32(5)42(20-23-54-7)57(52,53)48-43(51)35-15-19-41-40(25-35)49(27-36-14-17-39(36)45)29-44(30-55-41)21-11-13-34-24-37(46)16-18-38(34)44;1-5-47-37(45-4)18-6-8-25(2)34(16-19-44-3)48(42,43)39-35(41)27-11-15-33-32(21-27)40(22-28-10-13-31(28)37)23-36(24-46-33)17-7-9-26-20-29(38)12-14-30(26)36;1-7(2)10-5-4-9-6-8(10)3/h10,15-16,18-19,22,24-25,31-33,36,39,42,47H,8-9,11-14,17,20-21,23,26-30H2,1-7H3,(H,48,51);6,11-12,14-15,18,20-21,25,28,31,34H,5,7-10,13,16-17,19,22-24H2,1-4H3,(H,39,41);7-9H,4-6H2,1-3H3/b22-10+;18-6+;/t32-,33+,36-,39+,42+,44-,45-;25-,28-,31+,34+,36-,37+;8-/m001/s1. The molecule has 3 fully saturated rings. The quantitative estimate of drug-likeness (QED) is 0.0505. The molecule has 9 aliphatic rings. The summed E-state index contributed by atoms with van der Waals surface area (Å²) in [4.78, 5) is 37.4. The fourth-order valence-electron chi connectivity index (χ4n) is 20.5. The first-order valence-corrected chi connectivity index (χ1v) is 46.7. The Kier molecular flexibility index (Phi) is 31.3. The second-order valence-electron chi connectivity index (χ2n) is 34.8. The SMILES string of the molecule is CC(C)N1CCNC[C@H]1C.CCO[C@]1(CNC[C@@H](C)N(CC)C(C)C)/C=C/C[C@H](C)[C@@H](CCOC)S(=O)(=O)NC(=O)c2ccc3c(c2)N(C[C@@H]2CC[C@H]21)C[C@@]1(CCCc2cc(Cl)ccc21)CO3.CCO[C@]1(OC)/C=C/C[C@H](C)[C@@H](CCOC)S(=O)(=O)NC(=O)c2ccc3c(c2)N(C[C@@H]2CC[C@H]21)C[C@@]1(CCCc2cc(Cl)ccc21)CO3. The van der Waals surface area contributed by atoms with Gasteiger partial charge in [0.2, 0.25) is 20.0 Å². The number of benzene rings is 4. The van der Waals surface area contributed by atoms with Gasteiger partial charge in [0.15, 0.2) is 5.79 Å². The second-order valence-corrected chi connectivity index (χ2v) is 39.5. The minimum Gasteiger partial charge on any atom is -0.490 e. The molecule has 5 aliphatic heterocycles. The van der Waals surface area contributed by atoms with Gasteiger partial charge in [-0.25, -0.2) is 26.3 Å². The van der Waals surface area contributed by atoms with E-state index >= 15 is 0 Å². The van der Waals surface area contributed by atoms with Crippen LogP contribution in [0.25, 0.3) is 0 Å². The van der Waals surface area contributed by atoms with E-state index in [0.717, 1.165) is 118 Å². The molecule has 2 spiro atoms. The summed E-state index contributed by atoms with van der Waals surface area (Å²) in [5.41, 5.74) is 6.04. The summed E-state index contributed by atoms with van der Waals surface area (Å²) in [6.07, 6.45) is 19.8. The molecule has 0 unspecified atom stereocenters. The molecule has 21 nitrogen and oxygen atoms in total. The Bertz CT molecular complexity index is 4230. The van der Waals surface area contributed by atoms with Crippen molar-refractivity contribution in [3.63, 3.8) is 0 Å². The van der Waals surface area contributed by atoms with Crippen molar-refractivity contribution in [2.75, 3.05) is 136 Å². The first kappa shape index (κ1) is 90.4. The minimum atomic E-state index is -4.08. The van der Waals surface area contributed by atoms with E-state index < -0.39 is 53.7 Å². The predicted molar refractivity (Wildman–Crippen MR) is 462 cm³/mol. The molecule has 5 heterocycles.